The third-order valence-electron chi connectivity index (χ3n) is 5.61. The van der Waals surface area contributed by atoms with E-state index in [4.69, 9.17) is 4.98 Å². The average Bonchev–Trinajstić information content (AvgIpc) is 3.18. The number of aryl methyl sites for hydroxylation is 1. The van der Waals surface area contributed by atoms with Crippen molar-refractivity contribution in [3.63, 3.8) is 0 Å². The molecule has 0 aliphatic carbocycles. The van der Waals surface area contributed by atoms with Crippen LogP contribution in [0.1, 0.15) is 18.4 Å². The number of anilines is 1. The number of H-pyrrole nitrogens is 1. The molecule has 6 nitrogen and oxygen atoms in total. The van der Waals surface area contributed by atoms with E-state index >= 15 is 0 Å². The third-order valence-corrected chi connectivity index (χ3v) is 5.61. The molecular weight excluding hydrogens is 362 g/mol. The maximum atomic E-state index is 12.7. The van der Waals surface area contributed by atoms with E-state index in [9.17, 15) is 4.79 Å². The first-order chi connectivity index (χ1) is 14.3. The monoisotopic (exact) mass is 385 g/mol. The van der Waals surface area contributed by atoms with Crippen LogP contribution in [0, 0.1) is 0 Å². The summed E-state index contributed by atoms with van der Waals surface area (Å²) in [5.41, 5.74) is 4.18. The van der Waals surface area contributed by atoms with Gasteiger partial charge in [0.2, 0.25) is 5.95 Å². The molecule has 29 heavy (non-hydrogen) atoms. The minimum absolute atomic E-state index is 0.0168. The van der Waals surface area contributed by atoms with Crippen molar-refractivity contribution in [2.75, 3.05) is 18.0 Å². The molecule has 0 saturated heterocycles. The molecule has 0 unspecified atom stereocenters. The molecule has 4 aromatic rings. The summed E-state index contributed by atoms with van der Waals surface area (Å²) in [7, 11) is 0. The summed E-state index contributed by atoms with van der Waals surface area (Å²) >= 11 is 0. The Morgan fingerprint density at radius 2 is 1.93 bits per heavy atom. The Bertz CT molecular complexity index is 1190. The van der Waals surface area contributed by atoms with Crippen molar-refractivity contribution in [1.82, 2.24) is 19.5 Å². The average molecular weight is 385 g/mol. The standard InChI is InChI=1S/C23H23N5O/c29-22-15-21(17-8-10-24-11-9-17)26-23-27(13-4-14-28(22)23)12-3-5-18-16-25-20-7-2-1-6-19(18)20/h1-2,6-11,15-16,25H,3-5,12-14H2. The summed E-state index contributed by atoms with van der Waals surface area (Å²) in [5, 5.41) is 1.29. The highest BCUT2D eigenvalue weighted by molar-refractivity contribution is 5.83. The molecule has 0 amide bonds. The van der Waals surface area contributed by atoms with Crippen molar-refractivity contribution >= 4 is 16.9 Å². The lowest BCUT2D eigenvalue weighted by atomic mass is 10.1. The quantitative estimate of drug-likeness (QED) is 0.570. The largest absolute Gasteiger partial charge is 0.361 e. The van der Waals surface area contributed by atoms with Gasteiger partial charge in [0.25, 0.3) is 5.56 Å². The number of benzene rings is 1. The highest BCUT2D eigenvalue weighted by Crippen LogP contribution is 2.23. The second kappa shape index (κ2) is 7.54. The van der Waals surface area contributed by atoms with Gasteiger partial charge in [0, 0.05) is 60.8 Å². The molecule has 146 valence electrons. The first-order valence-corrected chi connectivity index (χ1v) is 10.1. The van der Waals surface area contributed by atoms with Crippen molar-refractivity contribution in [2.24, 2.45) is 0 Å². The Kier molecular flexibility index (Phi) is 4.60. The van der Waals surface area contributed by atoms with Crippen LogP contribution in [0.5, 0.6) is 0 Å². The third kappa shape index (κ3) is 3.42. The predicted molar refractivity (Wildman–Crippen MR) is 115 cm³/mol. The van der Waals surface area contributed by atoms with Gasteiger partial charge in [0.05, 0.1) is 5.69 Å². The molecule has 4 heterocycles. The summed E-state index contributed by atoms with van der Waals surface area (Å²) < 4.78 is 1.81. The van der Waals surface area contributed by atoms with Crippen LogP contribution in [-0.4, -0.2) is 32.6 Å². The lowest BCUT2D eigenvalue weighted by Gasteiger charge is -2.31. The Morgan fingerprint density at radius 3 is 2.83 bits per heavy atom. The summed E-state index contributed by atoms with van der Waals surface area (Å²) in [5.74, 6) is 0.787. The van der Waals surface area contributed by atoms with E-state index in [1.54, 1.807) is 23.0 Å². The highest BCUT2D eigenvalue weighted by Gasteiger charge is 2.20. The lowest BCUT2D eigenvalue weighted by Crippen LogP contribution is -2.39. The molecule has 6 heteroatoms. The van der Waals surface area contributed by atoms with E-state index in [1.165, 1.54) is 16.5 Å². The van der Waals surface area contributed by atoms with Crippen molar-refractivity contribution in [1.29, 1.82) is 0 Å². The molecule has 1 aliphatic rings. The Hall–Kier alpha value is -3.41. The lowest BCUT2D eigenvalue weighted by molar-refractivity contribution is 0.527. The van der Waals surface area contributed by atoms with Gasteiger partial charge in [-0.2, -0.15) is 0 Å². The molecule has 1 aliphatic heterocycles. The van der Waals surface area contributed by atoms with Crippen LogP contribution in [-0.2, 0) is 13.0 Å². The zero-order valence-electron chi connectivity index (χ0n) is 16.2. The number of hydrogen-bond donors (Lipinski definition) is 1. The fraction of sp³-hybridized carbons (Fsp3) is 0.261. The number of pyridine rings is 1. The van der Waals surface area contributed by atoms with Crippen LogP contribution in [0.4, 0.5) is 5.95 Å². The van der Waals surface area contributed by atoms with Gasteiger partial charge in [-0.05, 0) is 43.0 Å². The van der Waals surface area contributed by atoms with Gasteiger partial charge in [-0.3, -0.25) is 14.3 Å². The fourth-order valence-corrected chi connectivity index (χ4v) is 4.15. The molecule has 3 aromatic heterocycles. The number of hydrogen-bond acceptors (Lipinski definition) is 4. The van der Waals surface area contributed by atoms with E-state index in [0.29, 0.717) is 5.69 Å². The van der Waals surface area contributed by atoms with E-state index in [1.807, 2.05) is 12.1 Å². The molecular formula is C23H23N5O. The van der Waals surface area contributed by atoms with E-state index < -0.39 is 0 Å². The van der Waals surface area contributed by atoms with Crippen molar-refractivity contribution in [2.45, 2.75) is 25.8 Å². The number of fused-ring (bicyclic) bond motifs is 2. The zero-order chi connectivity index (χ0) is 19.6. The van der Waals surface area contributed by atoms with Crippen LogP contribution >= 0.6 is 0 Å². The molecule has 1 N–H and O–H groups in total. The predicted octanol–water partition coefficient (Wildman–Crippen LogP) is 3.63. The minimum atomic E-state index is 0.0168. The first-order valence-electron chi connectivity index (χ1n) is 10.1. The normalized spacial score (nSPS) is 13.6. The van der Waals surface area contributed by atoms with Gasteiger partial charge in [0.15, 0.2) is 0 Å². The Balaban J connectivity index is 1.37. The number of para-hydroxylation sites is 1. The maximum absolute atomic E-state index is 12.7. The number of aromatic nitrogens is 4. The Morgan fingerprint density at radius 1 is 1.07 bits per heavy atom. The number of nitrogens with one attached hydrogen (secondary N) is 1. The summed E-state index contributed by atoms with van der Waals surface area (Å²) in [6, 6.07) is 13.8. The van der Waals surface area contributed by atoms with Gasteiger partial charge < -0.3 is 9.88 Å². The highest BCUT2D eigenvalue weighted by atomic mass is 16.1. The number of aromatic amines is 1. The van der Waals surface area contributed by atoms with E-state index in [2.05, 4.69) is 45.3 Å². The van der Waals surface area contributed by atoms with Crippen LogP contribution in [0.2, 0.25) is 0 Å². The zero-order valence-corrected chi connectivity index (χ0v) is 16.2. The van der Waals surface area contributed by atoms with Crippen molar-refractivity contribution in [3.05, 3.63) is 77.0 Å². The van der Waals surface area contributed by atoms with Crippen LogP contribution in [0.15, 0.2) is 65.8 Å². The molecule has 0 radical (unpaired) electrons. The second-order valence-corrected chi connectivity index (χ2v) is 7.47. The summed E-state index contributed by atoms with van der Waals surface area (Å²) in [6.45, 7) is 2.54. The molecule has 0 atom stereocenters. The minimum Gasteiger partial charge on any atom is -0.361 e. The Labute approximate surface area is 168 Å². The van der Waals surface area contributed by atoms with E-state index in [0.717, 1.165) is 50.4 Å². The van der Waals surface area contributed by atoms with Gasteiger partial charge in [-0.1, -0.05) is 18.2 Å². The first kappa shape index (κ1) is 17.7. The van der Waals surface area contributed by atoms with Crippen LogP contribution in [0.25, 0.3) is 22.2 Å². The number of rotatable bonds is 5. The second-order valence-electron chi connectivity index (χ2n) is 7.47. The van der Waals surface area contributed by atoms with Crippen molar-refractivity contribution < 1.29 is 0 Å². The molecule has 5 rings (SSSR count). The topological polar surface area (TPSA) is 66.8 Å². The summed E-state index contributed by atoms with van der Waals surface area (Å²) in [4.78, 5) is 27.2. The molecule has 0 fully saturated rings. The number of nitrogens with zero attached hydrogens (tertiary/aromatic N) is 4. The summed E-state index contributed by atoms with van der Waals surface area (Å²) in [6.07, 6.45) is 8.54. The fourth-order valence-electron chi connectivity index (χ4n) is 4.15. The molecule has 0 saturated carbocycles. The van der Waals surface area contributed by atoms with Gasteiger partial charge in [0.1, 0.15) is 0 Å². The van der Waals surface area contributed by atoms with Crippen LogP contribution < -0.4 is 10.5 Å². The van der Waals surface area contributed by atoms with Crippen LogP contribution in [0.3, 0.4) is 0 Å². The van der Waals surface area contributed by atoms with Gasteiger partial charge in [-0.15, -0.1) is 0 Å². The van der Waals surface area contributed by atoms with Crippen molar-refractivity contribution in [3.8, 4) is 11.3 Å². The molecule has 1 aromatic carbocycles. The SMILES string of the molecule is O=c1cc(-c2ccncc2)nc2n1CCCN2CCCc1c[nH]c2ccccc12. The van der Waals surface area contributed by atoms with Gasteiger partial charge >= 0.3 is 0 Å². The smallest absolute Gasteiger partial charge is 0.255 e. The molecule has 0 bridgehead atoms. The van der Waals surface area contributed by atoms with Gasteiger partial charge in [-0.25, -0.2) is 4.98 Å². The molecule has 0 spiro atoms. The van der Waals surface area contributed by atoms with E-state index in [-0.39, 0.29) is 5.56 Å². The maximum Gasteiger partial charge on any atom is 0.255 e.